The van der Waals surface area contributed by atoms with Crippen LogP contribution in [0.4, 0.5) is 32.0 Å². The van der Waals surface area contributed by atoms with Gasteiger partial charge in [-0.3, -0.25) is 0 Å². The highest BCUT2D eigenvalue weighted by atomic mass is 32.2. The zero-order valence-electron chi connectivity index (χ0n) is 13.7. The highest BCUT2D eigenvalue weighted by Crippen LogP contribution is 2.37. The number of anilines is 1. The van der Waals surface area contributed by atoms with Gasteiger partial charge >= 0.3 is 12.4 Å². The number of hydrogen-bond donors (Lipinski definition) is 1. The first-order chi connectivity index (χ1) is 11.5. The van der Waals surface area contributed by atoms with Gasteiger partial charge in [0.2, 0.25) is 0 Å². The van der Waals surface area contributed by atoms with Crippen molar-refractivity contribution in [2.24, 2.45) is 0 Å². The molecule has 0 aliphatic rings. The molecule has 1 aromatic carbocycles. The van der Waals surface area contributed by atoms with E-state index in [0.29, 0.717) is 18.3 Å². The predicted octanol–water partition coefficient (Wildman–Crippen LogP) is 4.71. The van der Waals surface area contributed by atoms with Crippen molar-refractivity contribution >= 4 is 15.5 Å². The Hall–Kier alpha value is -2.22. The molecule has 0 aliphatic heterocycles. The molecule has 0 heterocycles. The van der Waals surface area contributed by atoms with E-state index in [1.54, 1.807) is 0 Å². The van der Waals surface area contributed by atoms with Crippen molar-refractivity contribution < 1.29 is 34.8 Å². The topological polar surface area (TPSA) is 70.0 Å². The number of sulfone groups is 1. The van der Waals surface area contributed by atoms with Crippen LogP contribution in [0.15, 0.2) is 29.3 Å². The van der Waals surface area contributed by atoms with E-state index < -0.39 is 48.7 Å². The molecule has 0 aliphatic carbocycles. The summed E-state index contributed by atoms with van der Waals surface area (Å²) >= 11 is 0. The molecular formula is C15H14F6N2O2S. The maximum atomic E-state index is 12.8. The molecule has 0 aromatic heterocycles. The zero-order valence-corrected chi connectivity index (χ0v) is 14.6. The van der Waals surface area contributed by atoms with Crippen molar-refractivity contribution in [2.45, 2.75) is 37.9 Å². The number of alkyl halides is 6. The molecule has 0 saturated heterocycles. The van der Waals surface area contributed by atoms with Crippen LogP contribution in [0.25, 0.3) is 0 Å². The first kappa shape index (κ1) is 21.8. The number of nitriles is 1. The SMILES string of the molecule is CC(C)(C)S(=O)(=O)C(C#N)=CNc1cc(C(F)(F)F)cc(C(F)(F)F)c1. The number of hydrogen-bond acceptors (Lipinski definition) is 4. The fourth-order valence-corrected chi connectivity index (χ4v) is 2.68. The van der Waals surface area contributed by atoms with Crippen molar-refractivity contribution in [2.75, 3.05) is 5.32 Å². The van der Waals surface area contributed by atoms with E-state index in [-0.39, 0.29) is 6.07 Å². The second-order valence-electron chi connectivity index (χ2n) is 6.18. The Morgan fingerprint density at radius 2 is 1.42 bits per heavy atom. The Labute approximate surface area is 146 Å². The van der Waals surface area contributed by atoms with Crippen molar-refractivity contribution in [3.05, 3.63) is 40.4 Å². The summed E-state index contributed by atoms with van der Waals surface area (Å²) in [4.78, 5) is -0.823. The standard InChI is InChI=1S/C15H14F6N2O2S/c1-13(2,3)26(24,25)12(7-22)8-23-11-5-9(14(16,17)18)4-10(6-11)15(19,20)21/h4-6,8,23H,1-3H3. The first-order valence-electron chi connectivity index (χ1n) is 6.91. The minimum absolute atomic E-state index is 0.0635. The Morgan fingerprint density at radius 1 is 1.00 bits per heavy atom. The minimum Gasteiger partial charge on any atom is -0.360 e. The molecule has 0 amide bonds. The maximum absolute atomic E-state index is 12.8. The smallest absolute Gasteiger partial charge is 0.360 e. The average molecular weight is 400 g/mol. The highest BCUT2D eigenvalue weighted by molar-refractivity contribution is 7.96. The second kappa shape index (κ2) is 6.83. The Balaban J connectivity index is 3.43. The zero-order chi connectivity index (χ0) is 20.6. The fraction of sp³-hybridized carbons (Fsp3) is 0.400. The van der Waals surface area contributed by atoms with Crippen LogP contribution in [-0.4, -0.2) is 13.2 Å². The summed E-state index contributed by atoms with van der Waals surface area (Å²) in [5.41, 5.74) is -3.80. The summed E-state index contributed by atoms with van der Waals surface area (Å²) in [7, 11) is -4.14. The third kappa shape index (κ3) is 4.91. The van der Waals surface area contributed by atoms with Crippen molar-refractivity contribution in [3.63, 3.8) is 0 Å². The van der Waals surface area contributed by atoms with Crippen molar-refractivity contribution in [3.8, 4) is 6.07 Å². The molecule has 0 spiro atoms. The van der Waals surface area contributed by atoms with Gasteiger partial charge in [0.25, 0.3) is 0 Å². The average Bonchev–Trinajstić information content (AvgIpc) is 2.44. The summed E-state index contributed by atoms with van der Waals surface area (Å²) in [6.45, 7) is 3.87. The molecule has 0 atom stereocenters. The number of halogens is 6. The van der Waals surface area contributed by atoms with Gasteiger partial charge in [-0.2, -0.15) is 31.6 Å². The second-order valence-corrected chi connectivity index (χ2v) is 8.85. The van der Waals surface area contributed by atoms with E-state index in [0.717, 1.165) is 0 Å². The van der Waals surface area contributed by atoms with Gasteiger partial charge in [0.05, 0.1) is 15.9 Å². The summed E-state index contributed by atoms with van der Waals surface area (Å²) in [6, 6.07) is 2.07. The third-order valence-electron chi connectivity index (χ3n) is 3.16. The van der Waals surface area contributed by atoms with Crippen molar-refractivity contribution in [1.82, 2.24) is 0 Å². The molecule has 26 heavy (non-hydrogen) atoms. The molecule has 0 radical (unpaired) electrons. The predicted molar refractivity (Wildman–Crippen MR) is 82.4 cm³/mol. The summed E-state index contributed by atoms with van der Waals surface area (Å²) in [5, 5.41) is 11.0. The third-order valence-corrected chi connectivity index (χ3v) is 5.56. The van der Waals surface area contributed by atoms with Crippen LogP contribution in [0.5, 0.6) is 0 Å². The lowest BCUT2D eigenvalue weighted by Crippen LogP contribution is -2.29. The van der Waals surface area contributed by atoms with Crippen LogP contribution in [-0.2, 0) is 22.2 Å². The van der Waals surface area contributed by atoms with E-state index in [9.17, 15) is 34.8 Å². The summed E-state index contributed by atoms with van der Waals surface area (Å²) in [6.07, 6.45) is -9.52. The number of allylic oxidation sites excluding steroid dienone is 1. The minimum atomic E-state index is -5.04. The van der Waals surface area contributed by atoms with Crippen LogP contribution >= 0.6 is 0 Å². The van der Waals surface area contributed by atoms with Gasteiger partial charge in [-0.05, 0) is 39.0 Å². The van der Waals surface area contributed by atoms with E-state index in [4.69, 9.17) is 5.26 Å². The van der Waals surface area contributed by atoms with Crippen LogP contribution in [0.3, 0.4) is 0 Å². The summed E-state index contributed by atoms with van der Waals surface area (Å²) in [5.74, 6) is 0. The van der Waals surface area contributed by atoms with Gasteiger partial charge in [-0.15, -0.1) is 0 Å². The Morgan fingerprint density at radius 3 is 1.73 bits per heavy atom. The van der Waals surface area contributed by atoms with Crippen LogP contribution in [0, 0.1) is 11.3 Å². The highest BCUT2D eigenvalue weighted by Gasteiger charge is 2.37. The molecule has 1 aromatic rings. The van der Waals surface area contributed by atoms with Gasteiger partial charge in [-0.1, -0.05) is 0 Å². The molecule has 1 N–H and O–H groups in total. The normalized spacial score (nSPS) is 14.1. The number of nitrogens with one attached hydrogen (secondary N) is 1. The molecule has 0 fully saturated rings. The van der Waals surface area contributed by atoms with Gasteiger partial charge < -0.3 is 5.32 Å². The number of nitrogens with zero attached hydrogens (tertiary/aromatic N) is 1. The van der Waals surface area contributed by atoms with Gasteiger partial charge in [0, 0.05) is 11.9 Å². The monoisotopic (exact) mass is 400 g/mol. The molecule has 144 valence electrons. The lowest BCUT2D eigenvalue weighted by atomic mass is 10.1. The van der Waals surface area contributed by atoms with Gasteiger partial charge in [0.15, 0.2) is 14.7 Å². The Bertz CT molecular complexity index is 824. The quantitative estimate of drug-likeness (QED) is 0.589. The molecule has 0 saturated carbocycles. The number of rotatable bonds is 3. The van der Waals surface area contributed by atoms with Gasteiger partial charge in [0.1, 0.15) is 6.07 Å². The molecule has 11 heteroatoms. The van der Waals surface area contributed by atoms with Crippen LogP contribution in [0.2, 0.25) is 0 Å². The lowest BCUT2D eigenvalue weighted by molar-refractivity contribution is -0.143. The number of benzene rings is 1. The van der Waals surface area contributed by atoms with E-state index in [1.807, 2.05) is 5.32 Å². The molecule has 1 rings (SSSR count). The molecule has 4 nitrogen and oxygen atoms in total. The maximum Gasteiger partial charge on any atom is 0.416 e. The fourth-order valence-electron chi connectivity index (χ4n) is 1.69. The molecule has 0 unspecified atom stereocenters. The molecule has 0 bridgehead atoms. The van der Waals surface area contributed by atoms with Gasteiger partial charge in [-0.25, -0.2) is 8.42 Å². The first-order valence-corrected chi connectivity index (χ1v) is 8.39. The van der Waals surface area contributed by atoms with Crippen LogP contribution < -0.4 is 5.32 Å². The lowest BCUT2D eigenvalue weighted by Gasteiger charge is -2.18. The largest absolute Gasteiger partial charge is 0.416 e. The van der Waals surface area contributed by atoms with E-state index in [2.05, 4.69) is 0 Å². The Kier molecular flexibility index (Phi) is 5.73. The van der Waals surface area contributed by atoms with E-state index >= 15 is 0 Å². The van der Waals surface area contributed by atoms with E-state index in [1.165, 1.54) is 26.8 Å². The van der Waals surface area contributed by atoms with Crippen LogP contribution in [0.1, 0.15) is 31.9 Å². The molecular weight excluding hydrogens is 386 g/mol. The summed E-state index contributed by atoms with van der Waals surface area (Å²) < 4.78 is 99.7. The van der Waals surface area contributed by atoms with Crippen molar-refractivity contribution in [1.29, 1.82) is 5.26 Å².